The highest BCUT2D eigenvalue weighted by molar-refractivity contribution is 5.92. The molecule has 0 spiro atoms. The minimum Gasteiger partial charge on any atom is -0.369 e. The van der Waals surface area contributed by atoms with Crippen LogP contribution in [0.5, 0.6) is 0 Å². The Morgan fingerprint density at radius 1 is 1.24 bits per heavy atom. The van der Waals surface area contributed by atoms with E-state index in [0.717, 1.165) is 43.7 Å². The fraction of sp³-hybridized carbons (Fsp3) is 0.545. The molecule has 4 atom stereocenters. The monoisotopic (exact) mass is 392 g/mol. The van der Waals surface area contributed by atoms with Gasteiger partial charge >= 0.3 is 0 Å². The number of carbonyl (C=O) groups is 1. The largest absolute Gasteiger partial charge is 0.369 e. The highest BCUT2D eigenvalue weighted by atomic mass is 16.1. The number of piperidine rings is 1. The van der Waals surface area contributed by atoms with Crippen molar-refractivity contribution in [1.29, 1.82) is 5.26 Å². The molecule has 29 heavy (non-hydrogen) atoms. The highest BCUT2D eigenvalue weighted by Crippen LogP contribution is 2.37. The second-order valence-corrected chi connectivity index (χ2v) is 8.46. The molecule has 2 aromatic rings. The first-order valence-corrected chi connectivity index (χ1v) is 10.4. The standard InChI is InChI=1S/C22H28N6O/c1-14-12-28(19-7-6-16(11-23)20-21(19)25-9-8-24-20)13-17(14)22-18(26-15(2)29)5-4-10-27(22)3/h6-9,14,17-18,22H,4-5,10,12-13H2,1-3H3,(H,26,29)/t14-,17-,18+,22?/m0/s1. The zero-order valence-electron chi connectivity index (χ0n) is 17.3. The van der Waals surface area contributed by atoms with Gasteiger partial charge in [-0.3, -0.25) is 14.8 Å². The molecule has 1 aromatic carbocycles. The van der Waals surface area contributed by atoms with Gasteiger partial charge in [0.1, 0.15) is 17.1 Å². The molecule has 0 bridgehead atoms. The molecule has 0 saturated carbocycles. The number of nitriles is 1. The Kier molecular flexibility index (Phi) is 5.37. The molecule has 0 radical (unpaired) electrons. The molecule has 7 heteroatoms. The topological polar surface area (TPSA) is 85.2 Å². The van der Waals surface area contributed by atoms with E-state index < -0.39 is 0 Å². The van der Waals surface area contributed by atoms with Crippen molar-refractivity contribution in [1.82, 2.24) is 20.2 Å². The van der Waals surface area contributed by atoms with Crippen LogP contribution >= 0.6 is 0 Å². The van der Waals surface area contributed by atoms with Gasteiger partial charge in [-0.25, -0.2) is 0 Å². The number of benzene rings is 1. The number of nitrogens with one attached hydrogen (secondary N) is 1. The molecule has 1 N–H and O–H groups in total. The maximum Gasteiger partial charge on any atom is 0.217 e. The molecule has 3 heterocycles. The maximum absolute atomic E-state index is 11.8. The Morgan fingerprint density at radius 2 is 2.00 bits per heavy atom. The number of likely N-dealkylation sites (tertiary alicyclic amines) is 1. The molecule has 1 aromatic heterocycles. The summed E-state index contributed by atoms with van der Waals surface area (Å²) in [6.45, 7) is 6.81. The Bertz CT molecular complexity index is 954. The molecule has 1 amide bonds. The molecular formula is C22H28N6O. The second kappa shape index (κ2) is 7.96. The number of carbonyl (C=O) groups excluding carboxylic acids is 1. The van der Waals surface area contributed by atoms with Gasteiger partial charge in [-0.05, 0) is 50.4 Å². The Morgan fingerprint density at radius 3 is 2.72 bits per heavy atom. The fourth-order valence-electron chi connectivity index (χ4n) is 5.25. The summed E-state index contributed by atoms with van der Waals surface area (Å²) in [5, 5.41) is 12.6. The van der Waals surface area contributed by atoms with Gasteiger partial charge < -0.3 is 15.1 Å². The third-order valence-electron chi connectivity index (χ3n) is 6.51. The zero-order chi connectivity index (χ0) is 20.5. The van der Waals surface area contributed by atoms with Crippen LogP contribution in [0.2, 0.25) is 0 Å². The lowest BCUT2D eigenvalue weighted by Crippen LogP contribution is -2.58. The number of aromatic nitrogens is 2. The van der Waals surface area contributed by atoms with Crippen molar-refractivity contribution in [3.63, 3.8) is 0 Å². The number of amides is 1. The van der Waals surface area contributed by atoms with Gasteiger partial charge in [0.15, 0.2) is 0 Å². The van der Waals surface area contributed by atoms with E-state index in [1.807, 2.05) is 12.1 Å². The summed E-state index contributed by atoms with van der Waals surface area (Å²) in [7, 11) is 2.18. The summed E-state index contributed by atoms with van der Waals surface area (Å²) in [6, 6.07) is 6.58. The van der Waals surface area contributed by atoms with Gasteiger partial charge in [0.2, 0.25) is 5.91 Å². The number of rotatable bonds is 3. The lowest BCUT2D eigenvalue weighted by atomic mass is 9.81. The van der Waals surface area contributed by atoms with Crippen molar-refractivity contribution in [2.75, 3.05) is 31.6 Å². The first-order chi connectivity index (χ1) is 14.0. The smallest absolute Gasteiger partial charge is 0.217 e. The van der Waals surface area contributed by atoms with Crippen LogP contribution in [0.3, 0.4) is 0 Å². The van der Waals surface area contributed by atoms with Crippen LogP contribution in [0.15, 0.2) is 24.5 Å². The predicted octanol–water partition coefficient (Wildman–Crippen LogP) is 2.17. The van der Waals surface area contributed by atoms with E-state index >= 15 is 0 Å². The van der Waals surface area contributed by atoms with Gasteiger partial charge in [0.25, 0.3) is 0 Å². The number of fused-ring (bicyclic) bond motifs is 1. The Hall–Kier alpha value is -2.72. The molecule has 4 rings (SSSR count). The first kappa shape index (κ1) is 19.6. The van der Waals surface area contributed by atoms with E-state index in [1.165, 1.54) is 0 Å². The molecule has 1 unspecified atom stereocenters. The molecule has 2 fully saturated rings. The van der Waals surface area contributed by atoms with Crippen LogP contribution in [0.25, 0.3) is 11.0 Å². The van der Waals surface area contributed by atoms with Gasteiger partial charge in [0, 0.05) is 44.5 Å². The van der Waals surface area contributed by atoms with Crippen LogP contribution in [0.1, 0.15) is 32.3 Å². The van der Waals surface area contributed by atoms with Crippen LogP contribution in [-0.2, 0) is 4.79 Å². The van der Waals surface area contributed by atoms with E-state index in [2.05, 4.69) is 45.1 Å². The number of likely N-dealkylation sites (N-methyl/N-ethyl adjacent to an activating group) is 1. The van der Waals surface area contributed by atoms with Crippen molar-refractivity contribution in [3.8, 4) is 6.07 Å². The van der Waals surface area contributed by atoms with Crippen molar-refractivity contribution in [2.45, 2.75) is 38.8 Å². The van der Waals surface area contributed by atoms with E-state index in [4.69, 9.17) is 0 Å². The first-order valence-electron chi connectivity index (χ1n) is 10.4. The Labute approximate surface area is 171 Å². The average Bonchev–Trinajstić information content (AvgIpc) is 3.07. The summed E-state index contributed by atoms with van der Waals surface area (Å²) >= 11 is 0. The number of hydrogen-bond acceptors (Lipinski definition) is 6. The van der Waals surface area contributed by atoms with E-state index in [9.17, 15) is 10.1 Å². The van der Waals surface area contributed by atoms with Crippen molar-refractivity contribution >= 4 is 22.6 Å². The minimum atomic E-state index is 0.0474. The fourth-order valence-corrected chi connectivity index (χ4v) is 5.25. The van der Waals surface area contributed by atoms with Gasteiger partial charge in [-0.15, -0.1) is 0 Å². The summed E-state index contributed by atoms with van der Waals surface area (Å²) in [5.74, 6) is 0.977. The van der Waals surface area contributed by atoms with Crippen molar-refractivity contribution in [3.05, 3.63) is 30.1 Å². The van der Waals surface area contributed by atoms with E-state index in [0.29, 0.717) is 29.0 Å². The zero-order valence-corrected chi connectivity index (χ0v) is 17.3. The number of hydrogen-bond donors (Lipinski definition) is 1. The van der Waals surface area contributed by atoms with Crippen LogP contribution in [0, 0.1) is 23.2 Å². The van der Waals surface area contributed by atoms with Crippen molar-refractivity contribution in [2.24, 2.45) is 11.8 Å². The number of nitrogens with zero attached hydrogens (tertiary/aromatic N) is 5. The minimum absolute atomic E-state index is 0.0474. The van der Waals surface area contributed by atoms with Crippen LogP contribution < -0.4 is 10.2 Å². The predicted molar refractivity (Wildman–Crippen MR) is 112 cm³/mol. The van der Waals surface area contributed by atoms with Crippen LogP contribution in [0.4, 0.5) is 5.69 Å². The summed E-state index contributed by atoms with van der Waals surface area (Å²) in [5.41, 5.74) is 3.04. The highest BCUT2D eigenvalue weighted by Gasteiger charge is 2.43. The third kappa shape index (κ3) is 3.65. The molecule has 7 nitrogen and oxygen atoms in total. The molecule has 2 aliphatic rings. The second-order valence-electron chi connectivity index (χ2n) is 8.46. The summed E-state index contributed by atoms with van der Waals surface area (Å²) in [4.78, 5) is 25.5. The maximum atomic E-state index is 11.8. The average molecular weight is 393 g/mol. The van der Waals surface area contributed by atoms with E-state index in [1.54, 1.807) is 19.3 Å². The van der Waals surface area contributed by atoms with Gasteiger partial charge in [-0.2, -0.15) is 5.26 Å². The molecular weight excluding hydrogens is 364 g/mol. The van der Waals surface area contributed by atoms with Crippen LogP contribution in [-0.4, -0.2) is 59.5 Å². The number of anilines is 1. The lowest BCUT2D eigenvalue weighted by Gasteiger charge is -2.43. The lowest BCUT2D eigenvalue weighted by molar-refractivity contribution is -0.120. The molecule has 2 aliphatic heterocycles. The van der Waals surface area contributed by atoms with Crippen molar-refractivity contribution < 1.29 is 4.79 Å². The third-order valence-corrected chi connectivity index (χ3v) is 6.51. The summed E-state index contributed by atoms with van der Waals surface area (Å²) < 4.78 is 0. The quantitative estimate of drug-likeness (QED) is 0.862. The summed E-state index contributed by atoms with van der Waals surface area (Å²) in [6.07, 6.45) is 5.46. The van der Waals surface area contributed by atoms with Gasteiger partial charge in [-0.1, -0.05) is 6.92 Å². The van der Waals surface area contributed by atoms with E-state index in [-0.39, 0.29) is 11.9 Å². The van der Waals surface area contributed by atoms with Gasteiger partial charge in [0.05, 0.1) is 11.3 Å². The molecule has 152 valence electrons. The SMILES string of the molecule is CC(=O)N[C@@H]1CCCN(C)C1[C@H]1CN(c2ccc(C#N)c3nccnc23)C[C@@H]1C. The molecule has 0 aliphatic carbocycles. The molecule has 2 saturated heterocycles. The normalized spacial score (nSPS) is 27.7. The Balaban J connectivity index is 1.64.